The van der Waals surface area contributed by atoms with Gasteiger partial charge in [0.15, 0.2) is 11.6 Å². The predicted octanol–water partition coefficient (Wildman–Crippen LogP) is 2.92. The molecule has 0 saturated heterocycles. The minimum absolute atomic E-state index is 0.0732. The van der Waals surface area contributed by atoms with Crippen LogP contribution in [0.15, 0.2) is 46.2 Å². The quantitative estimate of drug-likeness (QED) is 0.624. The summed E-state index contributed by atoms with van der Waals surface area (Å²) in [6.45, 7) is 0. The number of Topliss-reactive ketones (excluding diaryl/α,β-unsaturated/α-hetero) is 2. The molecular formula is C17H8O5S. The molecule has 0 bridgehead atoms. The van der Waals surface area contributed by atoms with E-state index in [1.54, 1.807) is 36.4 Å². The Morgan fingerprint density at radius 2 is 1.26 bits per heavy atom. The molecule has 2 aliphatic rings. The molecule has 0 unspecified atom stereocenters. The fourth-order valence-electron chi connectivity index (χ4n) is 2.66. The molecule has 23 heavy (non-hydrogen) atoms. The predicted molar refractivity (Wildman–Crippen MR) is 80.0 cm³/mol. The molecule has 0 aromatic heterocycles. The molecule has 4 rings (SSSR count). The first kappa shape index (κ1) is 13.9. The number of cyclic esters (lactones) is 2. The number of carbonyl (C=O) groups is 4. The standard InChI is InChI=1S/C17H8O5S/c18-14-7-15(19)12-5-8(1-3-10(12)14)23-9-2-4-11-13(6-9)17(21)22-16(11)20/h1-6H,7H2. The Hall–Kier alpha value is -2.73. The van der Waals surface area contributed by atoms with Crippen LogP contribution < -0.4 is 0 Å². The minimum atomic E-state index is -0.651. The normalized spacial score (nSPS) is 15.7. The van der Waals surface area contributed by atoms with E-state index in [0.29, 0.717) is 11.1 Å². The average molecular weight is 324 g/mol. The maximum Gasteiger partial charge on any atom is 0.346 e. The summed E-state index contributed by atoms with van der Waals surface area (Å²) in [6.07, 6.45) is -0.0732. The second-order valence-electron chi connectivity index (χ2n) is 5.22. The largest absolute Gasteiger partial charge is 0.386 e. The highest BCUT2D eigenvalue weighted by Crippen LogP contribution is 2.34. The lowest BCUT2D eigenvalue weighted by Gasteiger charge is -2.04. The van der Waals surface area contributed by atoms with Crippen LogP contribution in [0.3, 0.4) is 0 Å². The fourth-order valence-corrected chi connectivity index (χ4v) is 3.56. The van der Waals surface area contributed by atoms with Crippen molar-refractivity contribution in [2.24, 2.45) is 0 Å². The van der Waals surface area contributed by atoms with Crippen LogP contribution in [0.25, 0.3) is 0 Å². The molecule has 0 saturated carbocycles. The van der Waals surface area contributed by atoms with Gasteiger partial charge in [0.2, 0.25) is 0 Å². The lowest BCUT2D eigenvalue weighted by atomic mass is 10.1. The van der Waals surface area contributed by atoms with Crippen LogP contribution in [0.5, 0.6) is 0 Å². The molecule has 112 valence electrons. The first-order chi connectivity index (χ1) is 11.0. The van der Waals surface area contributed by atoms with Gasteiger partial charge in [0.25, 0.3) is 0 Å². The van der Waals surface area contributed by atoms with Gasteiger partial charge in [-0.1, -0.05) is 11.8 Å². The Morgan fingerprint density at radius 3 is 2.00 bits per heavy atom. The van der Waals surface area contributed by atoms with Gasteiger partial charge in [0.05, 0.1) is 17.5 Å². The third-order valence-electron chi connectivity index (χ3n) is 3.76. The zero-order valence-corrected chi connectivity index (χ0v) is 12.4. The number of fused-ring (bicyclic) bond motifs is 2. The summed E-state index contributed by atoms with van der Waals surface area (Å²) in [5.74, 6) is -1.61. The van der Waals surface area contributed by atoms with Crippen molar-refractivity contribution in [2.75, 3.05) is 0 Å². The maximum absolute atomic E-state index is 11.8. The van der Waals surface area contributed by atoms with Gasteiger partial charge in [0.1, 0.15) is 0 Å². The van der Waals surface area contributed by atoms with Gasteiger partial charge in [-0.05, 0) is 36.4 Å². The van der Waals surface area contributed by atoms with Crippen molar-refractivity contribution < 1.29 is 23.9 Å². The Morgan fingerprint density at radius 1 is 0.696 bits per heavy atom. The number of ketones is 2. The Bertz CT molecular complexity index is 853. The maximum atomic E-state index is 11.8. The highest BCUT2D eigenvalue weighted by molar-refractivity contribution is 7.99. The molecule has 2 aromatic carbocycles. The van der Waals surface area contributed by atoms with E-state index in [1.165, 1.54) is 11.8 Å². The van der Waals surface area contributed by atoms with Gasteiger partial charge >= 0.3 is 11.9 Å². The van der Waals surface area contributed by atoms with E-state index in [-0.39, 0.29) is 29.1 Å². The van der Waals surface area contributed by atoms with Gasteiger partial charge in [-0.2, -0.15) is 0 Å². The molecule has 5 nitrogen and oxygen atoms in total. The van der Waals surface area contributed by atoms with Crippen LogP contribution in [0, 0.1) is 0 Å². The Labute approximate surface area is 134 Å². The fraction of sp³-hybridized carbons (Fsp3) is 0.0588. The Kier molecular flexibility index (Phi) is 2.96. The number of hydrogen-bond donors (Lipinski definition) is 0. The summed E-state index contributed by atoms with van der Waals surface area (Å²) in [5, 5.41) is 0. The first-order valence-corrected chi connectivity index (χ1v) is 7.63. The van der Waals surface area contributed by atoms with E-state index in [9.17, 15) is 19.2 Å². The van der Waals surface area contributed by atoms with Crippen molar-refractivity contribution in [3.63, 3.8) is 0 Å². The molecule has 0 atom stereocenters. The molecule has 0 fully saturated rings. The highest BCUT2D eigenvalue weighted by Gasteiger charge is 2.30. The molecule has 0 N–H and O–H groups in total. The van der Waals surface area contributed by atoms with Gasteiger partial charge in [-0.25, -0.2) is 9.59 Å². The molecular weight excluding hydrogens is 316 g/mol. The summed E-state index contributed by atoms with van der Waals surface area (Å²) in [4.78, 5) is 47.9. The van der Waals surface area contributed by atoms with E-state index in [2.05, 4.69) is 4.74 Å². The number of ether oxygens (including phenoxy) is 1. The van der Waals surface area contributed by atoms with Gasteiger partial charge in [-0.3, -0.25) is 9.59 Å². The van der Waals surface area contributed by atoms with Crippen molar-refractivity contribution in [1.82, 2.24) is 0 Å². The summed E-state index contributed by atoms with van der Waals surface area (Å²) in [6, 6.07) is 9.95. The summed E-state index contributed by atoms with van der Waals surface area (Å²) < 4.78 is 4.55. The van der Waals surface area contributed by atoms with E-state index < -0.39 is 11.9 Å². The average Bonchev–Trinajstić information content (AvgIpc) is 2.96. The monoisotopic (exact) mass is 324 g/mol. The van der Waals surface area contributed by atoms with E-state index in [0.717, 1.165) is 9.79 Å². The van der Waals surface area contributed by atoms with Gasteiger partial charge < -0.3 is 4.74 Å². The third-order valence-corrected chi connectivity index (χ3v) is 4.74. The van der Waals surface area contributed by atoms with Crippen LogP contribution in [0.1, 0.15) is 47.9 Å². The van der Waals surface area contributed by atoms with Crippen molar-refractivity contribution in [1.29, 1.82) is 0 Å². The molecule has 0 radical (unpaired) electrons. The van der Waals surface area contributed by atoms with Crippen LogP contribution >= 0.6 is 11.8 Å². The van der Waals surface area contributed by atoms with Crippen LogP contribution in [0.4, 0.5) is 0 Å². The van der Waals surface area contributed by atoms with Crippen molar-refractivity contribution in [3.8, 4) is 0 Å². The zero-order valence-electron chi connectivity index (χ0n) is 11.6. The number of rotatable bonds is 2. The van der Waals surface area contributed by atoms with Crippen molar-refractivity contribution >= 4 is 35.3 Å². The second kappa shape index (κ2) is 4.89. The van der Waals surface area contributed by atoms with Gasteiger partial charge in [0, 0.05) is 20.9 Å². The highest BCUT2D eigenvalue weighted by atomic mass is 32.2. The minimum Gasteiger partial charge on any atom is -0.386 e. The number of hydrogen-bond acceptors (Lipinski definition) is 6. The van der Waals surface area contributed by atoms with Gasteiger partial charge in [-0.15, -0.1) is 0 Å². The number of benzene rings is 2. The van der Waals surface area contributed by atoms with E-state index in [1.807, 2.05) is 0 Å². The van der Waals surface area contributed by atoms with Crippen molar-refractivity contribution in [2.45, 2.75) is 16.2 Å². The third kappa shape index (κ3) is 2.19. The van der Waals surface area contributed by atoms with Crippen LogP contribution in [0.2, 0.25) is 0 Å². The van der Waals surface area contributed by atoms with E-state index in [4.69, 9.17) is 0 Å². The van der Waals surface area contributed by atoms with Crippen molar-refractivity contribution in [3.05, 3.63) is 58.7 Å². The summed E-state index contributed by atoms with van der Waals surface area (Å²) in [5.41, 5.74) is 1.40. The molecule has 1 aliphatic carbocycles. The second-order valence-corrected chi connectivity index (χ2v) is 6.36. The van der Waals surface area contributed by atoms with Crippen LogP contribution in [-0.2, 0) is 4.74 Å². The molecule has 0 spiro atoms. The molecule has 2 aromatic rings. The Balaban J connectivity index is 1.68. The zero-order chi connectivity index (χ0) is 16.1. The smallest absolute Gasteiger partial charge is 0.346 e. The lowest BCUT2D eigenvalue weighted by molar-refractivity contribution is 0.0443. The van der Waals surface area contributed by atoms with E-state index >= 15 is 0 Å². The molecule has 1 aliphatic heterocycles. The topological polar surface area (TPSA) is 77.5 Å². The number of esters is 2. The molecule has 1 heterocycles. The first-order valence-electron chi connectivity index (χ1n) is 6.82. The van der Waals surface area contributed by atoms with Crippen LogP contribution in [-0.4, -0.2) is 23.5 Å². The number of carbonyl (C=O) groups excluding carboxylic acids is 4. The lowest BCUT2D eigenvalue weighted by Crippen LogP contribution is -1.96. The molecule has 6 heteroatoms. The molecule has 0 amide bonds. The summed E-state index contributed by atoms with van der Waals surface area (Å²) >= 11 is 1.34. The SMILES string of the molecule is O=C1CC(=O)c2cc(Sc3ccc4c(c3)C(=O)OC4=O)ccc21. The summed E-state index contributed by atoms with van der Waals surface area (Å²) in [7, 11) is 0.